The van der Waals surface area contributed by atoms with Gasteiger partial charge in [0.1, 0.15) is 5.82 Å². The Morgan fingerprint density at radius 2 is 1.50 bits per heavy atom. The molecule has 30 heavy (non-hydrogen) atoms. The monoisotopic (exact) mass is 400 g/mol. The van der Waals surface area contributed by atoms with Gasteiger partial charge in [-0.1, -0.05) is 29.8 Å². The molecule has 0 fully saturated rings. The summed E-state index contributed by atoms with van der Waals surface area (Å²) in [6.45, 7) is 3.96. The number of fused-ring (bicyclic) bond motifs is 1. The van der Waals surface area contributed by atoms with Crippen molar-refractivity contribution in [3.05, 3.63) is 95.9 Å². The molecule has 0 aliphatic rings. The summed E-state index contributed by atoms with van der Waals surface area (Å²) >= 11 is 0. The summed E-state index contributed by atoms with van der Waals surface area (Å²) in [6, 6.07) is 17.7. The lowest BCUT2D eigenvalue weighted by atomic mass is 10.0. The first kappa shape index (κ1) is 18.2. The number of halogens is 2. The van der Waals surface area contributed by atoms with Gasteiger partial charge >= 0.3 is 0 Å². The molecule has 0 atom stereocenters. The molecule has 4 nitrogen and oxygen atoms in total. The molecule has 0 saturated heterocycles. The molecule has 0 bridgehead atoms. The van der Waals surface area contributed by atoms with Crippen LogP contribution in [0.3, 0.4) is 0 Å². The molecule has 0 aliphatic heterocycles. The van der Waals surface area contributed by atoms with Crippen molar-refractivity contribution in [3.63, 3.8) is 0 Å². The van der Waals surface area contributed by atoms with Gasteiger partial charge in [-0.25, -0.2) is 18.3 Å². The Labute approximate surface area is 172 Å². The second kappa shape index (κ2) is 6.91. The molecule has 3 heterocycles. The standard InChI is InChI=1S/C24H18F2N4/c1-15-5-7-17(8-6-15)23-16(2)28-30-21(18-9-10-19(25)20(26)13-18)14-22(27-24(23)30)29-11-3-4-12-29/h3-14H,1-2H3. The molecule has 2 aromatic carbocycles. The van der Waals surface area contributed by atoms with Crippen LogP contribution in [-0.4, -0.2) is 19.2 Å². The van der Waals surface area contributed by atoms with Crippen LogP contribution in [0, 0.1) is 25.5 Å². The van der Waals surface area contributed by atoms with E-state index in [-0.39, 0.29) is 0 Å². The first-order chi connectivity index (χ1) is 14.5. The third kappa shape index (κ3) is 2.97. The number of benzene rings is 2. The Balaban J connectivity index is 1.84. The minimum absolute atomic E-state index is 0.521. The van der Waals surface area contributed by atoms with Crippen molar-refractivity contribution < 1.29 is 8.78 Å². The molecule has 148 valence electrons. The van der Waals surface area contributed by atoms with Crippen molar-refractivity contribution in [3.8, 4) is 28.2 Å². The predicted octanol–water partition coefficient (Wildman–Crippen LogP) is 5.75. The second-order valence-electron chi connectivity index (χ2n) is 7.28. The molecule has 0 radical (unpaired) electrons. The molecule has 6 heteroatoms. The molecule has 5 aromatic rings. The average molecular weight is 400 g/mol. The van der Waals surface area contributed by atoms with Gasteiger partial charge < -0.3 is 4.57 Å². The summed E-state index contributed by atoms with van der Waals surface area (Å²) in [5, 5.41) is 4.69. The third-order valence-electron chi connectivity index (χ3n) is 5.18. The number of nitrogens with zero attached hydrogens (tertiary/aromatic N) is 4. The van der Waals surface area contributed by atoms with Crippen molar-refractivity contribution in [1.82, 2.24) is 19.2 Å². The van der Waals surface area contributed by atoms with Gasteiger partial charge in [0.2, 0.25) is 0 Å². The summed E-state index contributed by atoms with van der Waals surface area (Å²) in [6.07, 6.45) is 3.78. The van der Waals surface area contributed by atoms with Gasteiger partial charge in [0.15, 0.2) is 17.3 Å². The van der Waals surface area contributed by atoms with E-state index in [2.05, 4.69) is 0 Å². The van der Waals surface area contributed by atoms with Crippen molar-refractivity contribution in [1.29, 1.82) is 0 Å². The van der Waals surface area contributed by atoms with E-state index >= 15 is 0 Å². The summed E-state index contributed by atoms with van der Waals surface area (Å²) < 4.78 is 31.1. The number of aromatic nitrogens is 4. The fraction of sp³-hybridized carbons (Fsp3) is 0.0833. The largest absolute Gasteiger partial charge is 0.309 e. The Morgan fingerprint density at radius 3 is 2.20 bits per heavy atom. The molecule has 0 saturated carbocycles. The zero-order valence-corrected chi connectivity index (χ0v) is 16.5. The number of rotatable bonds is 3. The van der Waals surface area contributed by atoms with Gasteiger partial charge in [-0.2, -0.15) is 5.10 Å². The summed E-state index contributed by atoms with van der Waals surface area (Å²) in [4.78, 5) is 4.86. The van der Waals surface area contributed by atoms with Crippen molar-refractivity contribution >= 4 is 5.65 Å². The molecule has 0 amide bonds. The van der Waals surface area contributed by atoms with E-state index in [0.29, 0.717) is 22.7 Å². The van der Waals surface area contributed by atoms with Crippen molar-refractivity contribution in [2.45, 2.75) is 13.8 Å². The summed E-state index contributed by atoms with van der Waals surface area (Å²) in [7, 11) is 0. The van der Waals surface area contributed by atoms with E-state index in [1.165, 1.54) is 6.07 Å². The Bertz CT molecular complexity index is 1370. The normalized spacial score (nSPS) is 11.3. The van der Waals surface area contributed by atoms with Crippen LogP contribution < -0.4 is 0 Å². The van der Waals surface area contributed by atoms with Crippen LogP contribution in [0.1, 0.15) is 11.3 Å². The Morgan fingerprint density at radius 1 is 0.800 bits per heavy atom. The van der Waals surface area contributed by atoms with E-state index in [9.17, 15) is 8.78 Å². The highest BCUT2D eigenvalue weighted by Gasteiger charge is 2.19. The van der Waals surface area contributed by atoms with Crippen LogP contribution in [-0.2, 0) is 0 Å². The highest BCUT2D eigenvalue weighted by molar-refractivity contribution is 5.82. The zero-order valence-electron chi connectivity index (χ0n) is 16.5. The maximum absolute atomic E-state index is 14.0. The van der Waals surface area contributed by atoms with E-state index in [4.69, 9.17) is 10.1 Å². The maximum Gasteiger partial charge on any atom is 0.166 e. The minimum atomic E-state index is -0.900. The Kier molecular flexibility index (Phi) is 4.20. The lowest BCUT2D eigenvalue weighted by Gasteiger charge is -2.10. The Hall–Kier alpha value is -3.80. The van der Waals surface area contributed by atoms with E-state index in [0.717, 1.165) is 28.5 Å². The van der Waals surface area contributed by atoms with E-state index in [1.54, 1.807) is 10.6 Å². The molecule has 0 N–H and O–H groups in total. The third-order valence-corrected chi connectivity index (χ3v) is 5.18. The zero-order chi connectivity index (χ0) is 20.8. The topological polar surface area (TPSA) is 35.1 Å². The van der Waals surface area contributed by atoms with Gasteiger partial charge in [0.25, 0.3) is 0 Å². The number of hydrogen-bond acceptors (Lipinski definition) is 2. The fourth-order valence-corrected chi connectivity index (χ4v) is 3.65. The molecular weight excluding hydrogens is 382 g/mol. The fourth-order valence-electron chi connectivity index (χ4n) is 3.65. The van der Waals surface area contributed by atoms with Crippen LogP contribution in [0.4, 0.5) is 8.78 Å². The highest BCUT2D eigenvalue weighted by atomic mass is 19.2. The van der Waals surface area contributed by atoms with Crippen LogP contribution in [0.5, 0.6) is 0 Å². The van der Waals surface area contributed by atoms with E-state index < -0.39 is 11.6 Å². The number of hydrogen-bond donors (Lipinski definition) is 0. The van der Waals surface area contributed by atoms with Crippen LogP contribution >= 0.6 is 0 Å². The predicted molar refractivity (Wildman–Crippen MR) is 113 cm³/mol. The molecule has 3 aromatic heterocycles. The van der Waals surface area contributed by atoms with Crippen LogP contribution in [0.15, 0.2) is 73.1 Å². The van der Waals surface area contributed by atoms with Crippen LogP contribution in [0.25, 0.3) is 33.8 Å². The SMILES string of the molecule is Cc1ccc(-c2c(C)nn3c(-c4ccc(F)c(F)c4)cc(-n4cccc4)nc23)cc1. The van der Waals surface area contributed by atoms with Gasteiger partial charge in [-0.3, -0.25) is 0 Å². The average Bonchev–Trinajstić information content (AvgIpc) is 3.38. The maximum atomic E-state index is 14.0. The van der Waals surface area contributed by atoms with Crippen molar-refractivity contribution in [2.24, 2.45) is 0 Å². The second-order valence-corrected chi connectivity index (χ2v) is 7.28. The van der Waals surface area contributed by atoms with Gasteiger partial charge in [-0.05, 0) is 49.7 Å². The smallest absolute Gasteiger partial charge is 0.166 e. The summed E-state index contributed by atoms with van der Waals surface area (Å²) in [5.41, 5.74) is 5.68. The molecule has 0 spiro atoms. The van der Waals surface area contributed by atoms with Gasteiger partial charge in [-0.15, -0.1) is 0 Å². The van der Waals surface area contributed by atoms with Crippen LogP contribution in [0.2, 0.25) is 0 Å². The summed E-state index contributed by atoms with van der Waals surface area (Å²) in [5.74, 6) is -1.12. The molecule has 5 rings (SSSR count). The molecule has 0 unspecified atom stereocenters. The lowest BCUT2D eigenvalue weighted by molar-refractivity contribution is 0.509. The highest BCUT2D eigenvalue weighted by Crippen LogP contribution is 2.32. The molecule has 0 aliphatic carbocycles. The minimum Gasteiger partial charge on any atom is -0.309 e. The van der Waals surface area contributed by atoms with Crippen molar-refractivity contribution in [2.75, 3.05) is 0 Å². The van der Waals surface area contributed by atoms with Gasteiger partial charge in [0, 0.05) is 29.6 Å². The molecular formula is C24H18F2N4. The number of aryl methyl sites for hydroxylation is 2. The lowest BCUT2D eigenvalue weighted by Crippen LogP contribution is -2.03. The first-order valence-corrected chi connectivity index (χ1v) is 9.57. The van der Waals surface area contributed by atoms with Gasteiger partial charge in [0.05, 0.1) is 11.4 Å². The first-order valence-electron chi connectivity index (χ1n) is 9.57. The quantitative estimate of drug-likeness (QED) is 0.387. The van der Waals surface area contributed by atoms with E-state index in [1.807, 2.05) is 73.3 Å².